The Kier molecular flexibility index (Phi) is 7.42. The summed E-state index contributed by atoms with van der Waals surface area (Å²) in [5.41, 5.74) is 1.62. The Bertz CT molecular complexity index is 1630. The summed E-state index contributed by atoms with van der Waals surface area (Å²) in [5, 5.41) is 0.612. The third kappa shape index (κ3) is 4.80. The number of rotatable bonds is 7. The van der Waals surface area contributed by atoms with Crippen molar-refractivity contribution in [3.05, 3.63) is 71.3 Å². The van der Waals surface area contributed by atoms with Gasteiger partial charge in [0.15, 0.2) is 23.1 Å². The van der Waals surface area contributed by atoms with Gasteiger partial charge in [-0.2, -0.15) is 0 Å². The Labute approximate surface area is 241 Å². The molecule has 220 valence electrons. The molecule has 0 unspecified atom stereocenters. The first-order chi connectivity index (χ1) is 20.3. The molecule has 2 amide bonds. The predicted octanol–water partition coefficient (Wildman–Crippen LogP) is 5.07. The normalized spacial score (nSPS) is 16.3. The molecule has 0 atom stereocenters. The molecule has 6 rings (SSSR count). The highest BCUT2D eigenvalue weighted by Crippen LogP contribution is 2.45. The van der Waals surface area contributed by atoms with Gasteiger partial charge in [-0.15, -0.1) is 0 Å². The van der Waals surface area contributed by atoms with Gasteiger partial charge in [-0.3, -0.25) is 9.80 Å². The maximum Gasteiger partial charge on any atom is 0.334 e. The minimum absolute atomic E-state index is 0.0585. The number of amides is 2. The number of anilines is 3. The summed E-state index contributed by atoms with van der Waals surface area (Å²) in [6.45, 7) is 4.63. The molecule has 2 aliphatic heterocycles. The van der Waals surface area contributed by atoms with E-state index in [1.165, 1.54) is 32.4 Å². The van der Waals surface area contributed by atoms with Crippen LogP contribution in [0.1, 0.15) is 11.3 Å². The molecular weight excluding hydrogens is 549 g/mol. The number of methoxy groups -OCH3 is 2. The number of carbonyl (C=O) groups excluding carboxylic acids is 1. The van der Waals surface area contributed by atoms with E-state index in [9.17, 15) is 4.79 Å². The number of likely N-dealkylation sites (N-methyl/N-ethyl adjacent to an activating group) is 1. The lowest BCUT2D eigenvalue weighted by molar-refractivity contribution is 0.155. The Morgan fingerprint density at radius 3 is 2.31 bits per heavy atom. The SMILES string of the molecule is COc1cc(OC)c(F)c(N2Cc3cnc4[nH]c(CCN5CCN(C)CC5)cc4c3N(c3ccccc3F)C2=O)c1F. The van der Waals surface area contributed by atoms with Crippen LogP contribution in [-0.4, -0.2) is 79.8 Å². The van der Waals surface area contributed by atoms with E-state index in [1.807, 2.05) is 6.07 Å². The first-order valence-corrected chi connectivity index (χ1v) is 13.7. The Morgan fingerprint density at radius 2 is 1.64 bits per heavy atom. The van der Waals surface area contributed by atoms with Crippen LogP contribution in [0.5, 0.6) is 11.5 Å². The Balaban J connectivity index is 1.45. The number of aromatic nitrogens is 2. The van der Waals surface area contributed by atoms with Gasteiger partial charge in [-0.05, 0) is 25.2 Å². The van der Waals surface area contributed by atoms with E-state index in [-0.39, 0.29) is 23.7 Å². The zero-order chi connectivity index (χ0) is 29.5. The van der Waals surface area contributed by atoms with Gasteiger partial charge in [0, 0.05) is 68.1 Å². The molecule has 12 heteroatoms. The number of carbonyl (C=O) groups is 1. The molecule has 0 radical (unpaired) electrons. The van der Waals surface area contributed by atoms with Crippen molar-refractivity contribution in [3.63, 3.8) is 0 Å². The first kappa shape index (κ1) is 27.9. The molecule has 0 aliphatic carbocycles. The van der Waals surface area contributed by atoms with Crippen LogP contribution in [0.25, 0.3) is 11.0 Å². The number of nitrogens with zero attached hydrogens (tertiary/aromatic N) is 5. The largest absolute Gasteiger partial charge is 0.493 e. The average molecular weight is 581 g/mol. The van der Waals surface area contributed by atoms with Gasteiger partial charge in [0.25, 0.3) is 0 Å². The molecule has 0 saturated carbocycles. The minimum Gasteiger partial charge on any atom is -0.493 e. The lowest BCUT2D eigenvalue weighted by atomic mass is 10.1. The van der Waals surface area contributed by atoms with E-state index in [0.29, 0.717) is 22.3 Å². The molecule has 4 heterocycles. The molecule has 9 nitrogen and oxygen atoms in total. The van der Waals surface area contributed by atoms with Crippen molar-refractivity contribution in [2.24, 2.45) is 0 Å². The minimum atomic E-state index is -1.08. The van der Waals surface area contributed by atoms with Gasteiger partial charge >= 0.3 is 6.03 Å². The highest BCUT2D eigenvalue weighted by molar-refractivity contribution is 6.15. The Hall–Kier alpha value is -4.29. The van der Waals surface area contributed by atoms with Crippen molar-refractivity contribution < 1.29 is 27.4 Å². The fraction of sp³-hybridized carbons (Fsp3) is 0.333. The van der Waals surface area contributed by atoms with Gasteiger partial charge in [0.2, 0.25) is 0 Å². The average Bonchev–Trinajstić information content (AvgIpc) is 3.41. The summed E-state index contributed by atoms with van der Waals surface area (Å²) in [7, 11) is 4.57. The van der Waals surface area contributed by atoms with Gasteiger partial charge in [-0.1, -0.05) is 12.1 Å². The summed E-state index contributed by atoms with van der Waals surface area (Å²) in [6, 6.07) is 7.93. The molecule has 2 aliphatic rings. The molecule has 0 spiro atoms. The highest BCUT2D eigenvalue weighted by Gasteiger charge is 2.39. The molecular formula is C30H31F3N6O3. The highest BCUT2D eigenvalue weighted by atomic mass is 19.1. The lowest BCUT2D eigenvalue weighted by Crippen LogP contribution is -2.46. The lowest BCUT2D eigenvalue weighted by Gasteiger charge is -2.37. The van der Waals surface area contributed by atoms with Crippen LogP contribution >= 0.6 is 0 Å². The fourth-order valence-electron chi connectivity index (χ4n) is 5.62. The molecule has 2 aromatic heterocycles. The van der Waals surface area contributed by atoms with Gasteiger partial charge in [0.05, 0.1) is 32.1 Å². The zero-order valence-corrected chi connectivity index (χ0v) is 23.6. The summed E-state index contributed by atoms with van der Waals surface area (Å²) < 4.78 is 56.6. The van der Waals surface area contributed by atoms with Crippen LogP contribution in [0.2, 0.25) is 0 Å². The third-order valence-corrected chi connectivity index (χ3v) is 7.94. The van der Waals surface area contributed by atoms with Crippen molar-refractivity contribution in [1.29, 1.82) is 0 Å². The van der Waals surface area contributed by atoms with Crippen LogP contribution < -0.4 is 19.3 Å². The number of urea groups is 1. The van der Waals surface area contributed by atoms with Gasteiger partial charge in [-0.25, -0.2) is 22.9 Å². The number of nitrogens with one attached hydrogen (secondary N) is 1. The number of fused-ring (bicyclic) bond motifs is 3. The molecule has 1 fully saturated rings. The third-order valence-electron chi connectivity index (χ3n) is 7.94. The number of ether oxygens (including phenoxy) is 2. The van der Waals surface area contributed by atoms with E-state index in [0.717, 1.165) is 60.7 Å². The zero-order valence-electron chi connectivity index (χ0n) is 23.6. The van der Waals surface area contributed by atoms with Crippen molar-refractivity contribution in [3.8, 4) is 11.5 Å². The number of para-hydroxylation sites is 1. The van der Waals surface area contributed by atoms with Crippen LogP contribution in [0.15, 0.2) is 42.6 Å². The van der Waals surface area contributed by atoms with E-state index in [1.54, 1.807) is 12.3 Å². The number of pyridine rings is 1. The van der Waals surface area contributed by atoms with Crippen LogP contribution in [0.3, 0.4) is 0 Å². The topological polar surface area (TPSA) is 77.2 Å². The number of H-pyrrole nitrogens is 1. The molecule has 0 bridgehead atoms. The van der Waals surface area contributed by atoms with Crippen molar-refractivity contribution in [2.45, 2.75) is 13.0 Å². The number of halogens is 3. The van der Waals surface area contributed by atoms with E-state index in [4.69, 9.17) is 9.47 Å². The summed E-state index contributed by atoms with van der Waals surface area (Å²) >= 11 is 0. The molecule has 42 heavy (non-hydrogen) atoms. The van der Waals surface area contributed by atoms with E-state index in [2.05, 4.69) is 26.8 Å². The van der Waals surface area contributed by atoms with Crippen LogP contribution in [-0.2, 0) is 13.0 Å². The summed E-state index contributed by atoms with van der Waals surface area (Å²) in [6.07, 6.45) is 2.27. The number of hydrogen-bond acceptors (Lipinski definition) is 6. The second-order valence-electron chi connectivity index (χ2n) is 10.5. The maximum absolute atomic E-state index is 15.6. The fourth-order valence-corrected chi connectivity index (χ4v) is 5.62. The van der Waals surface area contributed by atoms with E-state index >= 15 is 13.2 Å². The maximum atomic E-state index is 15.6. The predicted molar refractivity (Wildman–Crippen MR) is 153 cm³/mol. The number of benzene rings is 2. The first-order valence-electron chi connectivity index (χ1n) is 13.7. The van der Waals surface area contributed by atoms with Crippen molar-refractivity contribution in [2.75, 3.05) is 63.8 Å². The molecule has 4 aromatic rings. The summed E-state index contributed by atoms with van der Waals surface area (Å²) in [4.78, 5) is 28.9. The van der Waals surface area contributed by atoms with Crippen molar-refractivity contribution >= 4 is 34.1 Å². The number of aromatic amines is 1. The van der Waals surface area contributed by atoms with Crippen LogP contribution in [0.4, 0.5) is 35.0 Å². The standard InChI is InChI=1S/C30H31F3N6O3/c1-36-10-12-37(13-11-36)9-8-19-14-20-27-18(16-34-29(20)35-19)17-38(30(40)39(27)22-7-5-4-6-21(22)31)28-25(32)23(41-2)15-24(42-3)26(28)33/h4-7,14-16H,8-13,17H2,1-3H3,(H,34,35). The quantitative estimate of drug-likeness (QED) is 0.329. The van der Waals surface area contributed by atoms with Crippen LogP contribution in [0, 0.1) is 17.5 Å². The molecule has 2 aromatic carbocycles. The number of piperazine rings is 1. The second-order valence-corrected chi connectivity index (χ2v) is 10.5. The number of hydrogen-bond donors (Lipinski definition) is 1. The van der Waals surface area contributed by atoms with Gasteiger partial charge < -0.3 is 24.3 Å². The smallest absolute Gasteiger partial charge is 0.334 e. The second kappa shape index (κ2) is 11.2. The molecule has 1 N–H and O–H groups in total. The Morgan fingerprint density at radius 1 is 0.952 bits per heavy atom. The van der Waals surface area contributed by atoms with Crippen molar-refractivity contribution in [1.82, 2.24) is 19.8 Å². The monoisotopic (exact) mass is 580 g/mol. The van der Waals surface area contributed by atoms with Gasteiger partial charge in [0.1, 0.15) is 17.2 Å². The summed E-state index contributed by atoms with van der Waals surface area (Å²) in [5.74, 6) is -3.43. The van der Waals surface area contributed by atoms with E-state index < -0.39 is 29.2 Å². The molecule has 1 saturated heterocycles.